The first-order valence-corrected chi connectivity index (χ1v) is 11.0. The first kappa shape index (κ1) is 21.3. The zero-order valence-electron chi connectivity index (χ0n) is 17.6. The van der Waals surface area contributed by atoms with Gasteiger partial charge in [0.05, 0.1) is 5.56 Å². The number of pyridine rings is 1. The fourth-order valence-corrected chi connectivity index (χ4v) is 4.29. The molecule has 7 heteroatoms. The van der Waals surface area contributed by atoms with Gasteiger partial charge in [-0.1, -0.05) is 12.1 Å². The molecule has 1 atom stereocenters. The van der Waals surface area contributed by atoms with E-state index < -0.39 is 5.82 Å². The van der Waals surface area contributed by atoms with Gasteiger partial charge < -0.3 is 14.5 Å². The lowest BCUT2D eigenvalue weighted by atomic mass is 9.94. The monoisotopic (exact) mass is 425 g/mol. The van der Waals surface area contributed by atoms with E-state index in [9.17, 15) is 14.0 Å². The predicted octanol–water partition coefficient (Wildman–Crippen LogP) is 3.63. The lowest BCUT2D eigenvalue weighted by molar-refractivity contribution is -0.134. The van der Waals surface area contributed by atoms with Gasteiger partial charge in [-0.15, -0.1) is 0 Å². The summed E-state index contributed by atoms with van der Waals surface area (Å²) in [4.78, 5) is 33.4. The van der Waals surface area contributed by atoms with Crippen molar-refractivity contribution in [2.75, 3.05) is 32.8 Å². The van der Waals surface area contributed by atoms with E-state index in [2.05, 4.69) is 4.98 Å². The second kappa shape index (κ2) is 9.90. The number of amides is 2. The largest absolute Gasteiger partial charge is 0.481 e. The molecule has 2 aliphatic rings. The lowest BCUT2D eigenvalue weighted by Crippen LogP contribution is -2.41. The highest BCUT2D eigenvalue weighted by molar-refractivity contribution is 5.94. The van der Waals surface area contributed by atoms with Crippen LogP contribution >= 0.6 is 0 Å². The van der Waals surface area contributed by atoms with Crippen molar-refractivity contribution in [3.63, 3.8) is 0 Å². The first-order chi connectivity index (χ1) is 15.1. The topological polar surface area (TPSA) is 62.7 Å². The average molecular weight is 426 g/mol. The maximum absolute atomic E-state index is 13.7. The number of rotatable bonds is 5. The SMILES string of the molecule is O=C(COc1ccccc1F)N1CCC[C@@H](c2ccc(C(=O)N3CCCCC3)cn2)C1. The van der Waals surface area contributed by atoms with E-state index in [1.54, 1.807) is 23.2 Å². The minimum Gasteiger partial charge on any atom is -0.481 e. The van der Waals surface area contributed by atoms with Gasteiger partial charge in [0.25, 0.3) is 11.8 Å². The zero-order chi connectivity index (χ0) is 21.6. The Kier molecular flexibility index (Phi) is 6.79. The van der Waals surface area contributed by atoms with Crippen LogP contribution < -0.4 is 4.74 Å². The number of nitrogens with zero attached hydrogens (tertiary/aromatic N) is 3. The Balaban J connectivity index is 1.34. The highest BCUT2D eigenvalue weighted by atomic mass is 19.1. The summed E-state index contributed by atoms with van der Waals surface area (Å²) in [7, 11) is 0. The predicted molar refractivity (Wildman–Crippen MR) is 114 cm³/mol. The normalized spacial score (nSPS) is 19.2. The Morgan fingerprint density at radius 3 is 2.52 bits per heavy atom. The number of aromatic nitrogens is 1. The maximum atomic E-state index is 13.7. The summed E-state index contributed by atoms with van der Waals surface area (Å²) >= 11 is 0. The molecule has 2 amide bonds. The van der Waals surface area contributed by atoms with Gasteiger partial charge in [0.1, 0.15) is 0 Å². The molecule has 2 fully saturated rings. The minimum atomic E-state index is -0.477. The van der Waals surface area contributed by atoms with Crippen LogP contribution in [0.2, 0.25) is 0 Å². The van der Waals surface area contributed by atoms with E-state index in [4.69, 9.17) is 4.74 Å². The van der Waals surface area contributed by atoms with Gasteiger partial charge in [-0.2, -0.15) is 0 Å². The number of ether oxygens (including phenoxy) is 1. The molecule has 2 aromatic rings. The van der Waals surface area contributed by atoms with E-state index >= 15 is 0 Å². The number of halogens is 1. The smallest absolute Gasteiger partial charge is 0.260 e. The standard InChI is InChI=1S/C24H28FN3O3/c25-20-8-2-3-9-22(20)31-17-23(29)28-14-6-7-19(16-28)21-11-10-18(15-26-21)24(30)27-12-4-1-5-13-27/h2-3,8-11,15,19H,1,4-7,12-14,16-17H2/t19-/m1/s1. The van der Waals surface area contributed by atoms with Gasteiger partial charge in [0.15, 0.2) is 18.2 Å². The number of carbonyl (C=O) groups excluding carboxylic acids is 2. The Labute approximate surface area is 182 Å². The van der Waals surface area contributed by atoms with E-state index in [-0.39, 0.29) is 30.1 Å². The highest BCUT2D eigenvalue weighted by Gasteiger charge is 2.26. The van der Waals surface area contributed by atoms with Crippen LogP contribution in [-0.4, -0.2) is 59.4 Å². The molecule has 0 spiro atoms. The van der Waals surface area contributed by atoms with Crippen molar-refractivity contribution in [2.45, 2.75) is 38.0 Å². The summed E-state index contributed by atoms with van der Waals surface area (Å²) in [5.41, 5.74) is 1.51. The molecule has 0 bridgehead atoms. The Morgan fingerprint density at radius 1 is 1.00 bits per heavy atom. The molecule has 1 aromatic carbocycles. The molecule has 0 saturated carbocycles. The molecule has 2 saturated heterocycles. The first-order valence-electron chi connectivity index (χ1n) is 11.0. The third-order valence-electron chi connectivity index (χ3n) is 6.06. The fourth-order valence-electron chi connectivity index (χ4n) is 4.29. The second-order valence-corrected chi connectivity index (χ2v) is 8.22. The van der Waals surface area contributed by atoms with Gasteiger partial charge in [-0.3, -0.25) is 14.6 Å². The molecule has 0 unspecified atom stereocenters. The number of para-hydroxylation sites is 1. The Morgan fingerprint density at radius 2 is 1.77 bits per heavy atom. The van der Waals surface area contributed by atoms with Crippen molar-refractivity contribution in [3.8, 4) is 5.75 Å². The fraction of sp³-hybridized carbons (Fsp3) is 0.458. The molecule has 1 aromatic heterocycles. The van der Waals surface area contributed by atoms with Gasteiger partial charge >= 0.3 is 0 Å². The van der Waals surface area contributed by atoms with E-state index in [1.165, 1.54) is 18.6 Å². The Hall–Kier alpha value is -2.96. The van der Waals surface area contributed by atoms with E-state index in [1.807, 2.05) is 17.0 Å². The van der Waals surface area contributed by atoms with Crippen LogP contribution in [0.25, 0.3) is 0 Å². The number of hydrogen-bond acceptors (Lipinski definition) is 4. The highest BCUT2D eigenvalue weighted by Crippen LogP contribution is 2.26. The van der Waals surface area contributed by atoms with E-state index in [0.29, 0.717) is 18.7 Å². The molecule has 31 heavy (non-hydrogen) atoms. The maximum Gasteiger partial charge on any atom is 0.260 e. The summed E-state index contributed by atoms with van der Waals surface area (Å²) in [5, 5.41) is 0. The molecule has 0 radical (unpaired) electrons. The molecular weight excluding hydrogens is 397 g/mol. The summed E-state index contributed by atoms with van der Waals surface area (Å²) in [5.74, 6) is -0.394. The summed E-state index contributed by atoms with van der Waals surface area (Å²) < 4.78 is 19.1. The van der Waals surface area contributed by atoms with Gasteiger partial charge in [-0.05, 0) is 56.4 Å². The third kappa shape index (κ3) is 5.21. The van der Waals surface area contributed by atoms with Crippen LogP contribution in [-0.2, 0) is 4.79 Å². The number of likely N-dealkylation sites (tertiary alicyclic amines) is 2. The van der Waals surface area contributed by atoms with Crippen LogP contribution in [0.4, 0.5) is 4.39 Å². The molecule has 164 valence electrons. The van der Waals surface area contributed by atoms with Crippen molar-refractivity contribution < 1.29 is 18.7 Å². The van der Waals surface area contributed by atoms with Crippen LogP contribution in [0.3, 0.4) is 0 Å². The van der Waals surface area contributed by atoms with Crippen LogP contribution in [0, 0.1) is 5.82 Å². The summed E-state index contributed by atoms with van der Waals surface area (Å²) in [6, 6.07) is 9.83. The molecule has 0 aliphatic carbocycles. The number of hydrogen-bond donors (Lipinski definition) is 0. The van der Waals surface area contributed by atoms with Crippen molar-refractivity contribution in [3.05, 3.63) is 59.7 Å². The average Bonchev–Trinajstić information content (AvgIpc) is 2.83. The van der Waals surface area contributed by atoms with Crippen molar-refractivity contribution in [1.82, 2.24) is 14.8 Å². The number of carbonyl (C=O) groups is 2. The molecule has 0 N–H and O–H groups in total. The van der Waals surface area contributed by atoms with Crippen LogP contribution in [0.1, 0.15) is 54.1 Å². The molecule has 4 rings (SSSR count). The molecular formula is C24H28FN3O3. The van der Waals surface area contributed by atoms with Gasteiger partial charge in [0, 0.05) is 44.0 Å². The third-order valence-corrected chi connectivity index (χ3v) is 6.06. The minimum absolute atomic E-state index is 0.0458. The second-order valence-electron chi connectivity index (χ2n) is 8.22. The number of piperidine rings is 2. The molecule has 3 heterocycles. The summed E-state index contributed by atoms with van der Waals surface area (Å²) in [6.45, 7) is 2.64. The zero-order valence-corrected chi connectivity index (χ0v) is 17.6. The Bertz CT molecular complexity index is 913. The van der Waals surface area contributed by atoms with Crippen molar-refractivity contribution >= 4 is 11.8 Å². The van der Waals surface area contributed by atoms with Crippen LogP contribution in [0.5, 0.6) is 5.75 Å². The van der Waals surface area contributed by atoms with Crippen molar-refractivity contribution in [1.29, 1.82) is 0 Å². The van der Waals surface area contributed by atoms with Crippen molar-refractivity contribution in [2.24, 2.45) is 0 Å². The van der Waals surface area contributed by atoms with Gasteiger partial charge in [0.2, 0.25) is 0 Å². The summed E-state index contributed by atoms with van der Waals surface area (Å²) in [6.07, 6.45) is 6.77. The quantitative estimate of drug-likeness (QED) is 0.734. The van der Waals surface area contributed by atoms with Crippen LogP contribution in [0.15, 0.2) is 42.6 Å². The molecule has 6 nitrogen and oxygen atoms in total. The molecule has 2 aliphatic heterocycles. The lowest BCUT2D eigenvalue weighted by Gasteiger charge is -2.32. The van der Waals surface area contributed by atoms with Gasteiger partial charge in [-0.25, -0.2) is 4.39 Å². The number of benzene rings is 1. The van der Waals surface area contributed by atoms with E-state index in [0.717, 1.165) is 44.5 Å².